The van der Waals surface area contributed by atoms with Crippen LogP contribution in [-0.2, 0) is 4.79 Å². The van der Waals surface area contributed by atoms with Gasteiger partial charge in [-0.3, -0.25) is 10.1 Å². The van der Waals surface area contributed by atoms with E-state index in [2.05, 4.69) is 10.3 Å². The molecule has 0 saturated carbocycles. The zero-order valence-electron chi connectivity index (χ0n) is 11.9. The standard InChI is InChI=1S/C15H16N4O2S/c16-13(20)11-6-7-19(8-11)15(21)18-14-17-12(9-22-14)10-4-2-1-3-5-10/h1-5,9,11H,6-8H2,(H2,16,20)(H,17,18,21)/t11-/m1/s1. The SMILES string of the molecule is NC(=O)[C@@H]1CCN(C(=O)Nc2nc(-c3ccccc3)cs2)C1. The number of thiazole rings is 1. The number of hydrogen-bond donors (Lipinski definition) is 2. The van der Waals surface area contributed by atoms with Crippen LogP contribution >= 0.6 is 11.3 Å². The van der Waals surface area contributed by atoms with Crippen LogP contribution in [0.1, 0.15) is 6.42 Å². The van der Waals surface area contributed by atoms with Crippen molar-refractivity contribution >= 4 is 28.4 Å². The molecular weight excluding hydrogens is 300 g/mol. The van der Waals surface area contributed by atoms with Crippen LogP contribution in [0.4, 0.5) is 9.93 Å². The minimum Gasteiger partial charge on any atom is -0.369 e. The molecule has 6 nitrogen and oxygen atoms in total. The normalized spacial score (nSPS) is 17.5. The third-order valence-electron chi connectivity index (χ3n) is 3.67. The summed E-state index contributed by atoms with van der Waals surface area (Å²) in [7, 11) is 0. The quantitative estimate of drug-likeness (QED) is 0.909. The van der Waals surface area contributed by atoms with Gasteiger partial charge in [0.25, 0.3) is 0 Å². The van der Waals surface area contributed by atoms with Crippen molar-refractivity contribution in [2.45, 2.75) is 6.42 Å². The van der Waals surface area contributed by atoms with Crippen molar-refractivity contribution in [3.05, 3.63) is 35.7 Å². The van der Waals surface area contributed by atoms with Crippen LogP contribution in [-0.4, -0.2) is 34.9 Å². The highest BCUT2D eigenvalue weighted by Gasteiger charge is 2.29. The maximum atomic E-state index is 12.2. The number of nitrogens with two attached hydrogens (primary N) is 1. The highest BCUT2D eigenvalue weighted by Crippen LogP contribution is 2.25. The molecule has 22 heavy (non-hydrogen) atoms. The lowest BCUT2D eigenvalue weighted by atomic mass is 10.1. The van der Waals surface area contributed by atoms with Crippen LogP contribution in [0, 0.1) is 5.92 Å². The molecule has 0 unspecified atom stereocenters. The second-order valence-electron chi connectivity index (χ2n) is 5.17. The van der Waals surface area contributed by atoms with E-state index >= 15 is 0 Å². The molecule has 1 saturated heterocycles. The summed E-state index contributed by atoms with van der Waals surface area (Å²) in [5.74, 6) is -0.599. The number of nitrogens with zero attached hydrogens (tertiary/aromatic N) is 2. The van der Waals surface area contributed by atoms with Gasteiger partial charge in [0.2, 0.25) is 5.91 Å². The van der Waals surface area contributed by atoms with E-state index in [1.807, 2.05) is 35.7 Å². The maximum absolute atomic E-state index is 12.2. The van der Waals surface area contributed by atoms with Crippen LogP contribution < -0.4 is 11.1 Å². The molecule has 0 bridgehead atoms. The third kappa shape index (κ3) is 3.09. The molecule has 1 atom stereocenters. The van der Waals surface area contributed by atoms with Crippen molar-refractivity contribution in [2.24, 2.45) is 11.7 Å². The summed E-state index contributed by atoms with van der Waals surface area (Å²) in [6.45, 7) is 0.911. The van der Waals surface area contributed by atoms with Gasteiger partial charge in [0, 0.05) is 24.0 Å². The molecule has 2 heterocycles. The number of hydrogen-bond acceptors (Lipinski definition) is 4. The van der Waals surface area contributed by atoms with Crippen LogP contribution in [0.15, 0.2) is 35.7 Å². The molecule has 7 heteroatoms. The first-order valence-electron chi connectivity index (χ1n) is 6.99. The number of amides is 3. The van der Waals surface area contributed by atoms with Crippen molar-refractivity contribution in [1.29, 1.82) is 0 Å². The van der Waals surface area contributed by atoms with Crippen molar-refractivity contribution < 1.29 is 9.59 Å². The summed E-state index contributed by atoms with van der Waals surface area (Å²) in [6.07, 6.45) is 0.621. The largest absolute Gasteiger partial charge is 0.369 e. The Balaban J connectivity index is 1.63. The Labute approximate surface area is 132 Å². The van der Waals surface area contributed by atoms with Crippen molar-refractivity contribution in [3.8, 4) is 11.3 Å². The number of carbonyl (C=O) groups is 2. The molecule has 3 amide bonds. The van der Waals surface area contributed by atoms with Crippen LogP contribution in [0.3, 0.4) is 0 Å². The van der Waals surface area contributed by atoms with Gasteiger partial charge in [0.1, 0.15) is 0 Å². The Bertz CT molecular complexity index is 686. The number of likely N-dealkylation sites (tertiary alicyclic amines) is 1. The lowest BCUT2D eigenvalue weighted by Gasteiger charge is -2.15. The second kappa shape index (κ2) is 6.15. The van der Waals surface area contributed by atoms with Gasteiger partial charge in [-0.05, 0) is 6.42 Å². The molecule has 2 aromatic rings. The fourth-order valence-corrected chi connectivity index (χ4v) is 3.13. The van der Waals surface area contributed by atoms with E-state index in [0.717, 1.165) is 11.3 Å². The molecule has 0 radical (unpaired) electrons. The van der Waals surface area contributed by atoms with E-state index in [1.165, 1.54) is 11.3 Å². The van der Waals surface area contributed by atoms with Crippen LogP contribution in [0.5, 0.6) is 0 Å². The van der Waals surface area contributed by atoms with E-state index in [-0.39, 0.29) is 17.9 Å². The average molecular weight is 316 g/mol. The molecule has 114 valence electrons. The van der Waals surface area contributed by atoms with Crippen LogP contribution in [0.25, 0.3) is 11.3 Å². The third-order valence-corrected chi connectivity index (χ3v) is 4.42. The highest BCUT2D eigenvalue weighted by molar-refractivity contribution is 7.14. The first-order chi connectivity index (χ1) is 10.6. The Hall–Kier alpha value is -2.41. The predicted octanol–water partition coefficient (Wildman–Crippen LogP) is 2.15. The number of anilines is 1. The topological polar surface area (TPSA) is 88.3 Å². The number of aromatic nitrogens is 1. The molecule has 1 aromatic heterocycles. The summed E-state index contributed by atoms with van der Waals surface area (Å²) in [5.41, 5.74) is 7.11. The van der Waals surface area contributed by atoms with E-state index in [9.17, 15) is 9.59 Å². The van der Waals surface area contributed by atoms with Gasteiger partial charge in [0.05, 0.1) is 11.6 Å². The molecule has 1 aliphatic rings. The molecule has 3 N–H and O–H groups in total. The molecule has 0 spiro atoms. The number of benzene rings is 1. The number of rotatable bonds is 3. The monoisotopic (exact) mass is 316 g/mol. The molecule has 1 fully saturated rings. The zero-order valence-corrected chi connectivity index (χ0v) is 12.7. The second-order valence-corrected chi connectivity index (χ2v) is 6.03. The zero-order chi connectivity index (χ0) is 15.5. The van der Waals surface area contributed by atoms with Crippen molar-refractivity contribution in [2.75, 3.05) is 18.4 Å². The van der Waals surface area contributed by atoms with E-state index in [0.29, 0.717) is 24.6 Å². The summed E-state index contributed by atoms with van der Waals surface area (Å²) in [4.78, 5) is 29.3. The van der Waals surface area contributed by atoms with Crippen LogP contribution in [0.2, 0.25) is 0 Å². The molecular formula is C15H16N4O2S. The Morgan fingerprint density at radius 3 is 2.77 bits per heavy atom. The van der Waals surface area contributed by atoms with Gasteiger partial charge < -0.3 is 10.6 Å². The average Bonchev–Trinajstić information content (AvgIpc) is 3.17. The number of carbonyl (C=O) groups excluding carboxylic acids is 2. The first-order valence-corrected chi connectivity index (χ1v) is 7.87. The van der Waals surface area contributed by atoms with Gasteiger partial charge >= 0.3 is 6.03 Å². The van der Waals surface area contributed by atoms with E-state index < -0.39 is 0 Å². The summed E-state index contributed by atoms with van der Waals surface area (Å²) in [6, 6.07) is 9.54. The van der Waals surface area contributed by atoms with Gasteiger partial charge in [-0.15, -0.1) is 11.3 Å². The summed E-state index contributed by atoms with van der Waals surface area (Å²) < 4.78 is 0. The summed E-state index contributed by atoms with van der Waals surface area (Å²) >= 11 is 1.38. The number of urea groups is 1. The Morgan fingerprint density at radius 2 is 2.09 bits per heavy atom. The van der Waals surface area contributed by atoms with E-state index in [4.69, 9.17) is 5.73 Å². The van der Waals surface area contributed by atoms with E-state index in [1.54, 1.807) is 4.90 Å². The number of primary amides is 1. The molecule has 1 aromatic carbocycles. The van der Waals surface area contributed by atoms with Gasteiger partial charge in [-0.25, -0.2) is 9.78 Å². The minimum atomic E-state index is -0.351. The lowest BCUT2D eigenvalue weighted by Crippen LogP contribution is -2.34. The summed E-state index contributed by atoms with van der Waals surface area (Å²) in [5, 5.41) is 5.23. The predicted molar refractivity (Wildman–Crippen MR) is 85.4 cm³/mol. The lowest BCUT2D eigenvalue weighted by molar-refractivity contribution is -0.121. The number of nitrogens with one attached hydrogen (secondary N) is 1. The smallest absolute Gasteiger partial charge is 0.323 e. The van der Waals surface area contributed by atoms with Gasteiger partial charge in [-0.1, -0.05) is 30.3 Å². The Kier molecular flexibility index (Phi) is 4.06. The van der Waals surface area contributed by atoms with Gasteiger partial charge in [-0.2, -0.15) is 0 Å². The van der Waals surface area contributed by atoms with Crippen molar-refractivity contribution in [1.82, 2.24) is 9.88 Å². The molecule has 3 rings (SSSR count). The van der Waals surface area contributed by atoms with Gasteiger partial charge in [0.15, 0.2) is 5.13 Å². The van der Waals surface area contributed by atoms with Crippen molar-refractivity contribution in [3.63, 3.8) is 0 Å². The fourth-order valence-electron chi connectivity index (χ4n) is 2.42. The highest BCUT2D eigenvalue weighted by atomic mass is 32.1. The minimum absolute atomic E-state index is 0.238. The fraction of sp³-hybridized carbons (Fsp3) is 0.267. The molecule has 0 aliphatic carbocycles. The maximum Gasteiger partial charge on any atom is 0.323 e. The molecule has 1 aliphatic heterocycles. The first kappa shape index (κ1) is 14.5. The Morgan fingerprint density at radius 1 is 1.32 bits per heavy atom.